The fourth-order valence-electron chi connectivity index (χ4n) is 0. The molecule has 0 heterocycles. The van der Waals surface area contributed by atoms with Gasteiger partial charge in [-0.15, -0.1) is 0 Å². The van der Waals surface area contributed by atoms with E-state index >= 15 is 0 Å². The number of carbonyl (C=O) groups is 1. The Kier molecular flexibility index (Phi) is 5.46. The van der Waals surface area contributed by atoms with Crippen LogP contribution in [0.15, 0.2) is 12.2 Å². The van der Waals surface area contributed by atoms with Crippen molar-refractivity contribution in [2.75, 3.05) is 0 Å². The first-order chi connectivity index (χ1) is 2.64. The van der Waals surface area contributed by atoms with Crippen LogP contribution in [-0.2, 0) is 4.79 Å². The van der Waals surface area contributed by atoms with Crippen LogP contribution in [0.4, 0.5) is 0 Å². The zero-order chi connectivity index (χ0) is 5.15. The van der Waals surface area contributed by atoms with Gasteiger partial charge in [0.1, 0.15) is 0 Å². The second-order valence-electron chi connectivity index (χ2n) is 1.05. The average Bonchev–Trinajstić information content (AvgIpc) is 1.36. The van der Waals surface area contributed by atoms with Crippen molar-refractivity contribution in [1.82, 2.24) is 0 Å². The van der Waals surface area contributed by atoms with Crippen LogP contribution >= 0.6 is 11.6 Å². The highest BCUT2D eigenvalue weighted by molar-refractivity contribution is 6.67. The van der Waals surface area contributed by atoms with Crippen LogP contribution in [0.5, 0.6) is 0 Å². The highest BCUT2D eigenvalue weighted by Gasteiger charge is 1.89. The average molecular weight is 121 g/mol. The van der Waals surface area contributed by atoms with Gasteiger partial charge in [-0.2, -0.15) is 0 Å². The van der Waals surface area contributed by atoms with Crippen molar-refractivity contribution in [3.05, 3.63) is 12.2 Å². The highest BCUT2D eigenvalue weighted by Crippen LogP contribution is 1.91. The van der Waals surface area contributed by atoms with Gasteiger partial charge in [-0.05, 0) is 18.5 Å². The van der Waals surface area contributed by atoms with E-state index in [1.54, 1.807) is 6.92 Å². The SMILES string of the molecule is C.C=C(C)C(=O)Cl. The Bertz CT molecular complexity index is 74.1. The van der Waals surface area contributed by atoms with Gasteiger partial charge in [0.15, 0.2) is 0 Å². The minimum atomic E-state index is -0.463. The Morgan fingerprint density at radius 3 is 1.86 bits per heavy atom. The van der Waals surface area contributed by atoms with E-state index in [2.05, 4.69) is 6.58 Å². The van der Waals surface area contributed by atoms with Crippen molar-refractivity contribution in [3.8, 4) is 0 Å². The maximum absolute atomic E-state index is 9.81. The Labute approximate surface area is 49.0 Å². The summed E-state index contributed by atoms with van der Waals surface area (Å²) in [4.78, 5) is 9.81. The lowest BCUT2D eigenvalue weighted by Gasteiger charge is -1.77. The summed E-state index contributed by atoms with van der Waals surface area (Å²) in [5.41, 5.74) is 0.386. The van der Waals surface area contributed by atoms with Crippen molar-refractivity contribution in [2.45, 2.75) is 14.4 Å². The number of hydrogen-bond donors (Lipinski definition) is 0. The van der Waals surface area contributed by atoms with Crippen molar-refractivity contribution < 1.29 is 4.79 Å². The molecule has 0 N–H and O–H groups in total. The first-order valence-corrected chi connectivity index (χ1v) is 1.87. The molecule has 7 heavy (non-hydrogen) atoms. The summed E-state index contributed by atoms with van der Waals surface area (Å²) < 4.78 is 0. The second-order valence-corrected chi connectivity index (χ2v) is 1.40. The predicted molar refractivity (Wildman–Crippen MR) is 32.4 cm³/mol. The molecule has 0 spiro atoms. The van der Waals surface area contributed by atoms with E-state index in [9.17, 15) is 4.79 Å². The van der Waals surface area contributed by atoms with E-state index in [-0.39, 0.29) is 7.43 Å². The van der Waals surface area contributed by atoms with Gasteiger partial charge in [-0.1, -0.05) is 14.0 Å². The summed E-state index contributed by atoms with van der Waals surface area (Å²) in [7, 11) is 0. The summed E-state index contributed by atoms with van der Waals surface area (Å²) in [6.07, 6.45) is 0. The summed E-state index contributed by atoms with van der Waals surface area (Å²) >= 11 is 4.87. The lowest BCUT2D eigenvalue weighted by molar-refractivity contribution is -0.108. The third kappa shape index (κ3) is 5.70. The predicted octanol–water partition coefficient (Wildman–Crippen LogP) is 1.96. The normalized spacial score (nSPS) is 6.57. The standard InChI is InChI=1S/C4H5ClO.CH4/c1-3(2)4(5)6;/h1H2,2H3;1H4. The molecule has 0 aromatic carbocycles. The van der Waals surface area contributed by atoms with E-state index in [1.165, 1.54) is 0 Å². The first-order valence-electron chi connectivity index (χ1n) is 1.50. The third-order valence-corrected chi connectivity index (χ3v) is 0.658. The van der Waals surface area contributed by atoms with Crippen LogP contribution < -0.4 is 0 Å². The summed E-state index contributed by atoms with van der Waals surface area (Å²) in [6, 6.07) is 0. The molecular formula is C5H9ClO. The molecule has 2 heteroatoms. The van der Waals surface area contributed by atoms with E-state index in [0.717, 1.165) is 0 Å². The van der Waals surface area contributed by atoms with Crippen LogP contribution in [-0.4, -0.2) is 5.24 Å². The molecule has 0 saturated carbocycles. The maximum atomic E-state index is 9.81. The molecule has 1 nitrogen and oxygen atoms in total. The van der Waals surface area contributed by atoms with Crippen LogP contribution in [0.2, 0.25) is 0 Å². The Hall–Kier alpha value is -0.300. The number of rotatable bonds is 1. The van der Waals surface area contributed by atoms with E-state index < -0.39 is 5.24 Å². The minimum Gasteiger partial charge on any atom is -0.276 e. The maximum Gasteiger partial charge on any atom is 0.247 e. The molecular weight excluding hydrogens is 112 g/mol. The smallest absolute Gasteiger partial charge is 0.247 e. The van der Waals surface area contributed by atoms with Crippen LogP contribution in [0.25, 0.3) is 0 Å². The molecule has 0 rings (SSSR count). The molecule has 0 fully saturated rings. The number of allylic oxidation sites excluding steroid dienone is 1. The second kappa shape index (κ2) is 3.88. The zero-order valence-corrected chi connectivity index (χ0v) is 4.25. The summed E-state index contributed by atoms with van der Waals surface area (Å²) in [5, 5.41) is -0.463. The molecule has 0 saturated heterocycles. The molecule has 0 amide bonds. The molecule has 0 radical (unpaired) electrons. The molecule has 0 bridgehead atoms. The largest absolute Gasteiger partial charge is 0.276 e. The van der Waals surface area contributed by atoms with Gasteiger partial charge in [-0.25, -0.2) is 0 Å². The summed E-state index contributed by atoms with van der Waals surface area (Å²) in [6.45, 7) is 4.84. The van der Waals surface area contributed by atoms with Gasteiger partial charge in [0.25, 0.3) is 0 Å². The van der Waals surface area contributed by atoms with Gasteiger partial charge < -0.3 is 0 Å². The van der Waals surface area contributed by atoms with Gasteiger partial charge >= 0.3 is 0 Å². The Balaban J connectivity index is 0. The fourth-order valence-corrected chi connectivity index (χ4v) is 0. The Morgan fingerprint density at radius 2 is 1.86 bits per heavy atom. The quantitative estimate of drug-likeness (QED) is 0.382. The highest BCUT2D eigenvalue weighted by atomic mass is 35.5. The molecule has 0 aliphatic heterocycles. The molecule has 0 atom stereocenters. The summed E-state index contributed by atoms with van der Waals surface area (Å²) in [5.74, 6) is 0. The van der Waals surface area contributed by atoms with Crippen LogP contribution in [0.1, 0.15) is 14.4 Å². The molecule has 42 valence electrons. The molecule has 0 aliphatic carbocycles. The lowest BCUT2D eigenvalue weighted by atomic mass is 10.4. The lowest BCUT2D eigenvalue weighted by Crippen LogP contribution is -1.81. The van der Waals surface area contributed by atoms with Crippen molar-refractivity contribution in [2.24, 2.45) is 0 Å². The number of carbonyl (C=O) groups excluding carboxylic acids is 1. The number of hydrogen-bond acceptors (Lipinski definition) is 1. The van der Waals surface area contributed by atoms with Gasteiger partial charge in [0.2, 0.25) is 5.24 Å². The molecule has 0 aromatic rings. The van der Waals surface area contributed by atoms with Crippen LogP contribution in [0.3, 0.4) is 0 Å². The van der Waals surface area contributed by atoms with Gasteiger partial charge in [0.05, 0.1) is 0 Å². The topological polar surface area (TPSA) is 17.1 Å². The van der Waals surface area contributed by atoms with Gasteiger partial charge in [-0.3, -0.25) is 4.79 Å². The number of halogens is 1. The van der Waals surface area contributed by atoms with Gasteiger partial charge in [0, 0.05) is 5.57 Å². The molecule has 0 aromatic heterocycles. The van der Waals surface area contributed by atoms with Crippen LogP contribution in [0, 0.1) is 0 Å². The Morgan fingerprint density at radius 1 is 1.71 bits per heavy atom. The minimum absolute atomic E-state index is 0. The van der Waals surface area contributed by atoms with E-state index in [4.69, 9.17) is 11.6 Å². The first kappa shape index (κ1) is 9.85. The third-order valence-electron chi connectivity index (χ3n) is 0.336. The molecule has 0 unspecified atom stereocenters. The van der Waals surface area contributed by atoms with E-state index in [1.807, 2.05) is 0 Å². The molecule has 0 aliphatic rings. The van der Waals surface area contributed by atoms with Crippen molar-refractivity contribution >= 4 is 16.8 Å². The van der Waals surface area contributed by atoms with E-state index in [0.29, 0.717) is 5.57 Å². The van der Waals surface area contributed by atoms with Crippen molar-refractivity contribution in [3.63, 3.8) is 0 Å². The van der Waals surface area contributed by atoms with Crippen molar-refractivity contribution in [1.29, 1.82) is 0 Å². The monoisotopic (exact) mass is 120 g/mol. The fraction of sp³-hybridized carbons (Fsp3) is 0.400. The zero-order valence-electron chi connectivity index (χ0n) is 3.49.